The molecule has 86 valence electrons. The third-order valence-corrected chi connectivity index (χ3v) is 2.67. The lowest BCUT2D eigenvalue weighted by Crippen LogP contribution is -2.34. The van der Waals surface area contributed by atoms with Gasteiger partial charge in [0.25, 0.3) is 5.91 Å². The summed E-state index contributed by atoms with van der Waals surface area (Å²) in [5.41, 5.74) is 0.355. The van der Waals surface area contributed by atoms with Crippen LogP contribution >= 0.6 is 0 Å². The number of amides is 1. The predicted molar refractivity (Wildman–Crippen MR) is 61.3 cm³/mol. The molecule has 0 bridgehead atoms. The molecule has 2 N–H and O–H groups in total. The maximum Gasteiger partial charge on any atom is 0.272 e. The minimum absolute atomic E-state index is 0.0148. The van der Waals surface area contributed by atoms with Crippen molar-refractivity contribution < 1.29 is 4.79 Å². The van der Waals surface area contributed by atoms with Crippen molar-refractivity contribution in [1.29, 1.82) is 0 Å². The zero-order chi connectivity index (χ0) is 11.6. The van der Waals surface area contributed by atoms with E-state index in [1.165, 1.54) is 0 Å². The second-order valence-electron chi connectivity index (χ2n) is 4.35. The Morgan fingerprint density at radius 2 is 2.19 bits per heavy atom. The molecule has 2 rings (SSSR count). The minimum Gasteiger partial charge on any atom is -0.369 e. The first kappa shape index (κ1) is 10.9. The molecule has 1 aliphatic carbocycles. The van der Waals surface area contributed by atoms with Crippen LogP contribution in [0.2, 0.25) is 0 Å². The largest absolute Gasteiger partial charge is 0.369 e. The van der Waals surface area contributed by atoms with Crippen molar-refractivity contribution in [3.8, 4) is 0 Å². The first-order valence-electron chi connectivity index (χ1n) is 5.53. The SMILES string of the molecule is CCNc1ccc(C(=O)NC2(C)CC2)nn1. The van der Waals surface area contributed by atoms with Crippen LogP contribution in [0.4, 0.5) is 5.82 Å². The van der Waals surface area contributed by atoms with Gasteiger partial charge >= 0.3 is 0 Å². The molecule has 0 aliphatic heterocycles. The molecule has 0 saturated heterocycles. The Kier molecular flexibility index (Phi) is 2.77. The summed E-state index contributed by atoms with van der Waals surface area (Å²) in [5.74, 6) is 0.548. The number of carbonyl (C=O) groups excluding carboxylic acids is 1. The predicted octanol–water partition coefficient (Wildman–Crippen LogP) is 1.19. The van der Waals surface area contributed by atoms with E-state index >= 15 is 0 Å². The number of rotatable bonds is 4. The summed E-state index contributed by atoms with van der Waals surface area (Å²) in [6.07, 6.45) is 2.09. The van der Waals surface area contributed by atoms with Crippen molar-refractivity contribution >= 4 is 11.7 Å². The lowest BCUT2D eigenvalue weighted by Gasteiger charge is -2.10. The van der Waals surface area contributed by atoms with Crippen molar-refractivity contribution in [2.24, 2.45) is 0 Å². The third kappa shape index (κ3) is 2.48. The zero-order valence-corrected chi connectivity index (χ0v) is 9.58. The molecular formula is C11H16N4O. The minimum atomic E-state index is -0.143. The molecule has 1 amide bonds. The van der Waals surface area contributed by atoms with Gasteiger partial charge in [-0.1, -0.05) is 0 Å². The van der Waals surface area contributed by atoms with Crippen LogP contribution in [0.25, 0.3) is 0 Å². The van der Waals surface area contributed by atoms with Crippen LogP contribution in [0.1, 0.15) is 37.2 Å². The summed E-state index contributed by atoms with van der Waals surface area (Å²) in [7, 11) is 0. The van der Waals surface area contributed by atoms with Crippen LogP contribution in [-0.2, 0) is 0 Å². The average Bonchev–Trinajstić information content (AvgIpc) is 2.97. The fraction of sp³-hybridized carbons (Fsp3) is 0.545. The molecular weight excluding hydrogens is 204 g/mol. The number of anilines is 1. The Morgan fingerprint density at radius 1 is 1.44 bits per heavy atom. The highest BCUT2D eigenvalue weighted by Gasteiger charge is 2.39. The third-order valence-electron chi connectivity index (χ3n) is 2.67. The van der Waals surface area contributed by atoms with Crippen molar-refractivity contribution in [3.63, 3.8) is 0 Å². The van der Waals surface area contributed by atoms with Gasteiger partial charge in [0.2, 0.25) is 0 Å². The summed E-state index contributed by atoms with van der Waals surface area (Å²) in [6, 6.07) is 3.45. The van der Waals surface area contributed by atoms with Crippen LogP contribution in [-0.4, -0.2) is 28.2 Å². The number of carbonyl (C=O) groups is 1. The molecule has 16 heavy (non-hydrogen) atoms. The normalized spacial score (nSPS) is 16.6. The maximum absolute atomic E-state index is 11.7. The van der Waals surface area contributed by atoms with Gasteiger partial charge in [-0.15, -0.1) is 10.2 Å². The average molecular weight is 220 g/mol. The number of aromatic nitrogens is 2. The molecule has 1 aromatic heterocycles. The van der Waals surface area contributed by atoms with Crippen molar-refractivity contribution in [1.82, 2.24) is 15.5 Å². The van der Waals surface area contributed by atoms with Crippen molar-refractivity contribution in [2.75, 3.05) is 11.9 Å². The fourth-order valence-electron chi connectivity index (χ4n) is 1.38. The van der Waals surface area contributed by atoms with E-state index < -0.39 is 0 Å². The van der Waals surface area contributed by atoms with E-state index in [9.17, 15) is 4.79 Å². The summed E-state index contributed by atoms with van der Waals surface area (Å²) >= 11 is 0. The van der Waals surface area contributed by atoms with Gasteiger partial charge in [0, 0.05) is 12.1 Å². The number of hydrogen-bond acceptors (Lipinski definition) is 4. The summed E-state index contributed by atoms with van der Waals surface area (Å²) < 4.78 is 0. The monoisotopic (exact) mass is 220 g/mol. The van der Waals surface area contributed by atoms with E-state index in [0.717, 1.165) is 19.4 Å². The highest BCUT2D eigenvalue weighted by molar-refractivity contribution is 5.92. The van der Waals surface area contributed by atoms with Gasteiger partial charge in [-0.05, 0) is 38.8 Å². The Balaban J connectivity index is 2.00. The standard InChI is InChI=1S/C11H16N4O/c1-3-12-9-5-4-8(14-15-9)10(16)13-11(2)6-7-11/h4-5H,3,6-7H2,1-2H3,(H,12,15)(H,13,16). The topological polar surface area (TPSA) is 66.9 Å². The molecule has 0 spiro atoms. The Morgan fingerprint density at radius 3 is 2.69 bits per heavy atom. The van der Waals surface area contributed by atoms with E-state index in [1.54, 1.807) is 12.1 Å². The van der Waals surface area contributed by atoms with E-state index in [2.05, 4.69) is 20.8 Å². The van der Waals surface area contributed by atoms with Crippen LogP contribution < -0.4 is 10.6 Å². The zero-order valence-electron chi connectivity index (χ0n) is 9.58. The first-order valence-corrected chi connectivity index (χ1v) is 5.53. The van der Waals surface area contributed by atoms with E-state index in [1.807, 2.05) is 13.8 Å². The van der Waals surface area contributed by atoms with Crippen LogP contribution in [0.3, 0.4) is 0 Å². The van der Waals surface area contributed by atoms with E-state index in [4.69, 9.17) is 0 Å². The molecule has 1 saturated carbocycles. The number of hydrogen-bond donors (Lipinski definition) is 2. The molecule has 1 aromatic rings. The second-order valence-corrected chi connectivity index (χ2v) is 4.35. The van der Waals surface area contributed by atoms with Crippen molar-refractivity contribution in [3.05, 3.63) is 17.8 Å². The Labute approximate surface area is 94.6 Å². The highest BCUT2D eigenvalue weighted by Crippen LogP contribution is 2.34. The van der Waals surface area contributed by atoms with Crippen LogP contribution in [0, 0.1) is 0 Å². The lowest BCUT2D eigenvalue weighted by molar-refractivity contribution is 0.0929. The quantitative estimate of drug-likeness (QED) is 0.800. The summed E-state index contributed by atoms with van der Waals surface area (Å²) in [5, 5.41) is 13.8. The molecule has 0 radical (unpaired) electrons. The molecule has 5 nitrogen and oxygen atoms in total. The molecule has 1 fully saturated rings. The van der Waals surface area contributed by atoms with E-state index in [0.29, 0.717) is 11.5 Å². The van der Waals surface area contributed by atoms with Gasteiger partial charge in [0.05, 0.1) is 0 Å². The van der Waals surface area contributed by atoms with Gasteiger partial charge in [-0.3, -0.25) is 4.79 Å². The number of nitrogens with one attached hydrogen (secondary N) is 2. The van der Waals surface area contributed by atoms with Gasteiger partial charge in [0.1, 0.15) is 5.82 Å². The van der Waals surface area contributed by atoms with Crippen LogP contribution in [0.15, 0.2) is 12.1 Å². The molecule has 0 unspecified atom stereocenters. The molecule has 1 heterocycles. The Hall–Kier alpha value is -1.65. The van der Waals surface area contributed by atoms with Gasteiger partial charge in [-0.2, -0.15) is 0 Å². The second kappa shape index (κ2) is 4.08. The maximum atomic E-state index is 11.7. The van der Waals surface area contributed by atoms with E-state index in [-0.39, 0.29) is 11.4 Å². The summed E-state index contributed by atoms with van der Waals surface area (Å²) in [6.45, 7) is 4.81. The van der Waals surface area contributed by atoms with Gasteiger partial charge < -0.3 is 10.6 Å². The molecule has 0 atom stereocenters. The smallest absolute Gasteiger partial charge is 0.272 e. The molecule has 1 aliphatic rings. The van der Waals surface area contributed by atoms with Crippen molar-refractivity contribution in [2.45, 2.75) is 32.2 Å². The molecule has 5 heteroatoms. The highest BCUT2D eigenvalue weighted by atomic mass is 16.2. The molecule has 0 aromatic carbocycles. The summed E-state index contributed by atoms with van der Waals surface area (Å²) in [4.78, 5) is 11.7. The number of nitrogens with zero attached hydrogens (tertiary/aromatic N) is 2. The fourth-order valence-corrected chi connectivity index (χ4v) is 1.38. The first-order chi connectivity index (χ1) is 7.63. The lowest BCUT2D eigenvalue weighted by atomic mass is 10.3. The van der Waals surface area contributed by atoms with Gasteiger partial charge in [-0.25, -0.2) is 0 Å². The van der Waals surface area contributed by atoms with Crippen LogP contribution in [0.5, 0.6) is 0 Å². The van der Waals surface area contributed by atoms with Gasteiger partial charge in [0.15, 0.2) is 5.69 Å². The Bertz CT molecular complexity index is 383.